The lowest BCUT2D eigenvalue weighted by molar-refractivity contribution is -0.135. The fraction of sp³-hybridized carbons (Fsp3) is 0.667. The molecule has 2 nitrogen and oxygen atoms in total. The second-order valence-electron chi connectivity index (χ2n) is 2.90. The van der Waals surface area contributed by atoms with E-state index < -0.39 is 0 Å². The summed E-state index contributed by atoms with van der Waals surface area (Å²) >= 11 is 0. The van der Waals surface area contributed by atoms with Crippen LogP contribution in [0.25, 0.3) is 0 Å². The van der Waals surface area contributed by atoms with E-state index in [1.165, 1.54) is 19.3 Å². The number of ether oxygens (including phenoxy) is 1. The summed E-state index contributed by atoms with van der Waals surface area (Å²) in [6.07, 6.45) is 6.80. The van der Waals surface area contributed by atoms with Crippen molar-refractivity contribution in [1.82, 2.24) is 0 Å². The van der Waals surface area contributed by atoms with Gasteiger partial charge in [-0.05, 0) is 18.4 Å². The summed E-state index contributed by atoms with van der Waals surface area (Å²) in [6, 6.07) is 0. The number of carbonyl (C=O) groups is 1. The van der Waals surface area contributed by atoms with E-state index in [1.807, 2.05) is 0 Å². The van der Waals surface area contributed by atoms with Gasteiger partial charge in [0.25, 0.3) is 0 Å². The molecule has 1 aliphatic rings. The van der Waals surface area contributed by atoms with Crippen LogP contribution in [0.1, 0.15) is 39.0 Å². The van der Waals surface area contributed by atoms with Crippen LogP contribution in [0.5, 0.6) is 0 Å². The van der Waals surface area contributed by atoms with Gasteiger partial charge in [0, 0.05) is 0 Å². The maximum atomic E-state index is 10.6. The van der Waals surface area contributed by atoms with E-state index in [1.54, 1.807) is 6.26 Å². The van der Waals surface area contributed by atoms with Gasteiger partial charge in [-0.3, -0.25) is 4.79 Å². The summed E-state index contributed by atoms with van der Waals surface area (Å²) in [5.41, 5.74) is 1.16. The van der Waals surface area contributed by atoms with Crippen LogP contribution in [0.15, 0.2) is 11.8 Å². The molecule has 62 valence electrons. The monoisotopic (exact) mass is 154 g/mol. The predicted molar refractivity (Wildman–Crippen MR) is 42.9 cm³/mol. The van der Waals surface area contributed by atoms with Crippen LogP contribution in [0, 0.1) is 0 Å². The average Bonchev–Trinajstić information content (AvgIpc) is 2.37. The van der Waals surface area contributed by atoms with Gasteiger partial charge in [-0.1, -0.05) is 19.8 Å². The number of unbranched alkanes of at least 4 members (excludes halogenated alkanes) is 2. The average molecular weight is 154 g/mol. The van der Waals surface area contributed by atoms with Gasteiger partial charge in [0.05, 0.1) is 12.7 Å². The molecule has 0 aromatic heterocycles. The number of hydrogen-bond donors (Lipinski definition) is 0. The molecule has 0 radical (unpaired) electrons. The molecule has 0 N–H and O–H groups in total. The topological polar surface area (TPSA) is 26.3 Å². The lowest BCUT2D eigenvalue weighted by Gasteiger charge is -1.95. The van der Waals surface area contributed by atoms with E-state index in [-0.39, 0.29) is 5.97 Å². The molecule has 0 bridgehead atoms. The van der Waals surface area contributed by atoms with Gasteiger partial charge < -0.3 is 4.74 Å². The van der Waals surface area contributed by atoms with E-state index in [0.29, 0.717) is 6.42 Å². The molecule has 0 aromatic carbocycles. The Balaban J connectivity index is 2.13. The first kappa shape index (κ1) is 8.31. The zero-order valence-corrected chi connectivity index (χ0v) is 6.93. The predicted octanol–water partition coefficient (Wildman–Crippen LogP) is 2.40. The van der Waals surface area contributed by atoms with Gasteiger partial charge in [-0.25, -0.2) is 0 Å². The molecule has 0 atom stereocenters. The third kappa shape index (κ3) is 2.74. The smallest absolute Gasteiger partial charge is 0.314 e. The summed E-state index contributed by atoms with van der Waals surface area (Å²) in [4.78, 5) is 10.6. The molecule has 1 heterocycles. The third-order valence-corrected chi connectivity index (χ3v) is 1.83. The molecule has 0 saturated carbocycles. The van der Waals surface area contributed by atoms with Crippen LogP contribution < -0.4 is 0 Å². The number of rotatable bonds is 4. The fourth-order valence-corrected chi connectivity index (χ4v) is 1.17. The number of carbonyl (C=O) groups excluding carboxylic acids is 1. The van der Waals surface area contributed by atoms with Crippen LogP contribution in [0.2, 0.25) is 0 Å². The Morgan fingerprint density at radius 1 is 1.55 bits per heavy atom. The largest absolute Gasteiger partial charge is 0.434 e. The highest BCUT2D eigenvalue weighted by Crippen LogP contribution is 2.18. The second kappa shape index (κ2) is 4.16. The molecule has 0 amide bonds. The first-order chi connectivity index (χ1) is 5.33. The summed E-state index contributed by atoms with van der Waals surface area (Å²) < 4.78 is 4.70. The van der Waals surface area contributed by atoms with E-state index in [0.717, 1.165) is 12.0 Å². The maximum Gasteiger partial charge on any atom is 0.314 e. The lowest BCUT2D eigenvalue weighted by Crippen LogP contribution is -1.90. The molecule has 0 unspecified atom stereocenters. The summed E-state index contributed by atoms with van der Waals surface area (Å²) in [5, 5.41) is 0. The summed E-state index contributed by atoms with van der Waals surface area (Å²) in [7, 11) is 0. The molecule has 0 spiro atoms. The molecule has 1 rings (SSSR count). The minimum Gasteiger partial charge on any atom is -0.434 e. The fourth-order valence-electron chi connectivity index (χ4n) is 1.17. The summed E-state index contributed by atoms with van der Waals surface area (Å²) in [5.74, 6) is -0.100. The Morgan fingerprint density at radius 3 is 2.91 bits per heavy atom. The van der Waals surface area contributed by atoms with Gasteiger partial charge in [0.1, 0.15) is 0 Å². The first-order valence-corrected chi connectivity index (χ1v) is 4.20. The second-order valence-corrected chi connectivity index (χ2v) is 2.90. The van der Waals surface area contributed by atoms with Crippen molar-refractivity contribution in [2.45, 2.75) is 39.0 Å². The van der Waals surface area contributed by atoms with Crippen LogP contribution >= 0.6 is 0 Å². The van der Waals surface area contributed by atoms with Gasteiger partial charge >= 0.3 is 5.97 Å². The number of esters is 1. The van der Waals surface area contributed by atoms with Crippen LogP contribution in [0.4, 0.5) is 0 Å². The molecule has 0 saturated heterocycles. The van der Waals surface area contributed by atoms with Crippen molar-refractivity contribution < 1.29 is 9.53 Å². The molecule has 2 heteroatoms. The highest BCUT2D eigenvalue weighted by molar-refractivity contribution is 5.75. The van der Waals surface area contributed by atoms with Crippen LogP contribution in [0.3, 0.4) is 0 Å². The van der Waals surface area contributed by atoms with E-state index in [9.17, 15) is 4.79 Å². The van der Waals surface area contributed by atoms with Gasteiger partial charge in [0.15, 0.2) is 0 Å². The Hall–Kier alpha value is -0.790. The van der Waals surface area contributed by atoms with E-state index in [4.69, 9.17) is 4.74 Å². The Bertz CT molecular complexity index is 170. The van der Waals surface area contributed by atoms with Crippen molar-refractivity contribution in [1.29, 1.82) is 0 Å². The first-order valence-electron chi connectivity index (χ1n) is 4.20. The standard InChI is InChI=1S/C9H14O2/c1-2-3-4-5-8-6-9(10)11-7-8/h7H,2-6H2,1H3. The van der Waals surface area contributed by atoms with Gasteiger partial charge in [0.2, 0.25) is 0 Å². The van der Waals surface area contributed by atoms with Crippen molar-refractivity contribution in [2.24, 2.45) is 0 Å². The number of hydrogen-bond acceptors (Lipinski definition) is 2. The van der Waals surface area contributed by atoms with Crippen molar-refractivity contribution in [3.05, 3.63) is 11.8 Å². The van der Waals surface area contributed by atoms with E-state index >= 15 is 0 Å². The van der Waals surface area contributed by atoms with Crippen molar-refractivity contribution in [3.8, 4) is 0 Å². The molecular weight excluding hydrogens is 140 g/mol. The summed E-state index contributed by atoms with van der Waals surface area (Å²) in [6.45, 7) is 2.17. The molecule has 1 aliphatic heterocycles. The molecule has 11 heavy (non-hydrogen) atoms. The van der Waals surface area contributed by atoms with Gasteiger partial charge in [-0.15, -0.1) is 0 Å². The van der Waals surface area contributed by atoms with Crippen LogP contribution in [-0.4, -0.2) is 5.97 Å². The van der Waals surface area contributed by atoms with Crippen molar-refractivity contribution in [2.75, 3.05) is 0 Å². The third-order valence-electron chi connectivity index (χ3n) is 1.83. The zero-order chi connectivity index (χ0) is 8.10. The maximum absolute atomic E-state index is 10.6. The Labute approximate surface area is 67.2 Å². The molecular formula is C9H14O2. The Morgan fingerprint density at radius 2 is 2.36 bits per heavy atom. The minimum absolute atomic E-state index is 0.100. The SMILES string of the molecule is CCCCCC1=COC(=O)C1. The molecule has 0 aromatic rings. The highest BCUT2D eigenvalue weighted by Gasteiger charge is 2.13. The minimum atomic E-state index is -0.100. The quantitative estimate of drug-likeness (QED) is 0.459. The lowest BCUT2D eigenvalue weighted by atomic mass is 10.1. The normalized spacial score (nSPS) is 16.5. The van der Waals surface area contributed by atoms with Crippen molar-refractivity contribution >= 4 is 5.97 Å². The number of cyclic esters (lactones) is 1. The van der Waals surface area contributed by atoms with E-state index in [2.05, 4.69) is 6.92 Å². The molecule has 0 aliphatic carbocycles. The highest BCUT2D eigenvalue weighted by atomic mass is 16.5. The zero-order valence-electron chi connectivity index (χ0n) is 6.93. The van der Waals surface area contributed by atoms with Gasteiger partial charge in [-0.2, -0.15) is 0 Å². The molecule has 0 fully saturated rings. The van der Waals surface area contributed by atoms with Crippen molar-refractivity contribution in [3.63, 3.8) is 0 Å². The Kier molecular flexibility index (Phi) is 3.14. The van der Waals surface area contributed by atoms with Crippen LogP contribution in [-0.2, 0) is 9.53 Å².